The quantitative estimate of drug-likeness (QED) is 0.542. The fraction of sp³-hybridized carbons (Fsp3) is 0.417. The fourth-order valence-electron chi connectivity index (χ4n) is 1.42. The molecule has 0 radical (unpaired) electrons. The number of nitrogens with two attached hydrogens (primary N) is 1. The van der Waals surface area contributed by atoms with Gasteiger partial charge in [-0.25, -0.2) is 13.1 Å². The molecule has 0 saturated carbocycles. The van der Waals surface area contributed by atoms with Crippen LogP contribution in [0.4, 0.5) is 0 Å². The number of aryl methyl sites for hydroxylation is 1. The van der Waals surface area contributed by atoms with Crippen LogP contribution in [0.3, 0.4) is 0 Å². The summed E-state index contributed by atoms with van der Waals surface area (Å²) in [5, 5.41) is 18.4. The molecule has 0 aliphatic carbocycles. The molecular weight excluding hydrogens is 284 g/mol. The van der Waals surface area contributed by atoms with Gasteiger partial charge in [-0.1, -0.05) is 6.07 Å². The summed E-state index contributed by atoms with van der Waals surface area (Å²) >= 11 is 0. The topological polar surface area (TPSA) is 130 Å². The average Bonchev–Trinajstić information content (AvgIpc) is 2.36. The van der Waals surface area contributed by atoms with Crippen LogP contribution < -0.4 is 10.5 Å². The maximum absolute atomic E-state index is 12.0. The van der Waals surface area contributed by atoms with Crippen molar-refractivity contribution in [3.8, 4) is 0 Å². The molecule has 112 valence electrons. The number of carbonyl (C=O) groups is 1. The molecule has 0 aliphatic heterocycles. The summed E-state index contributed by atoms with van der Waals surface area (Å²) < 4.78 is 26.2. The van der Waals surface area contributed by atoms with Crippen LogP contribution in [0.5, 0.6) is 0 Å². The van der Waals surface area contributed by atoms with Crippen LogP contribution in [-0.2, 0) is 10.0 Å². The van der Waals surface area contributed by atoms with Gasteiger partial charge in [0, 0.05) is 12.1 Å². The van der Waals surface area contributed by atoms with E-state index < -0.39 is 28.1 Å². The summed E-state index contributed by atoms with van der Waals surface area (Å²) in [7, 11) is -3.91. The monoisotopic (exact) mass is 302 g/mol. The number of benzene rings is 1. The van der Waals surface area contributed by atoms with E-state index in [1.165, 1.54) is 25.1 Å². The Morgan fingerprint density at radius 3 is 2.55 bits per heavy atom. The molecular formula is C12H18N2O5S. The van der Waals surface area contributed by atoms with Crippen molar-refractivity contribution in [1.29, 1.82) is 0 Å². The lowest BCUT2D eigenvalue weighted by Crippen LogP contribution is -2.43. The van der Waals surface area contributed by atoms with E-state index in [9.17, 15) is 18.3 Å². The van der Waals surface area contributed by atoms with Gasteiger partial charge in [-0.15, -0.1) is 0 Å². The first kappa shape index (κ1) is 16.6. The summed E-state index contributed by atoms with van der Waals surface area (Å²) in [5.74, 6) is -0.720. The fourth-order valence-corrected chi connectivity index (χ4v) is 2.61. The zero-order valence-corrected chi connectivity index (χ0v) is 12.1. The molecule has 0 aliphatic rings. The van der Waals surface area contributed by atoms with Crippen molar-refractivity contribution in [2.45, 2.75) is 24.3 Å². The maximum atomic E-state index is 12.0. The van der Waals surface area contributed by atoms with Crippen molar-refractivity contribution in [3.63, 3.8) is 0 Å². The molecule has 20 heavy (non-hydrogen) atoms. The molecule has 1 rings (SSSR count). The van der Waals surface area contributed by atoms with Crippen molar-refractivity contribution in [2.75, 3.05) is 13.2 Å². The van der Waals surface area contributed by atoms with E-state index in [2.05, 4.69) is 4.72 Å². The second kappa shape index (κ2) is 5.88. The largest absolute Gasteiger partial charge is 0.393 e. The number of sulfonamides is 1. The highest BCUT2D eigenvalue weighted by Gasteiger charge is 2.24. The smallest absolute Gasteiger partial charge is 0.249 e. The van der Waals surface area contributed by atoms with Gasteiger partial charge in [0.05, 0.1) is 17.1 Å². The van der Waals surface area contributed by atoms with Gasteiger partial charge in [0.2, 0.25) is 15.9 Å². The Labute approximate surface area is 117 Å². The Bertz CT molecular complexity index is 610. The minimum atomic E-state index is -3.91. The second-order valence-corrected chi connectivity index (χ2v) is 6.59. The van der Waals surface area contributed by atoms with Crippen molar-refractivity contribution < 1.29 is 23.4 Å². The van der Waals surface area contributed by atoms with Crippen LogP contribution in [0, 0.1) is 6.92 Å². The van der Waals surface area contributed by atoms with Gasteiger partial charge in [-0.3, -0.25) is 4.79 Å². The molecule has 5 N–H and O–H groups in total. The SMILES string of the molecule is Cc1ccc(S(=O)(=O)NCC(C)(O)CO)cc1C(N)=O. The van der Waals surface area contributed by atoms with E-state index in [0.717, 1.165) is 0 Å². The lowest BCUT2D eigenvalue weighted by molar-refractivity contribution is 0.00681. The number of aliphatic hydroxyl groups is 2. The predicted molar refractivity (Wildman–Crippen MR) is 72.6 cm³/mol. The third-order valence-electron chi connectivity index (χ3n) is 2.77. The lowest BCUT2D eigenvalue weighted by atomic mass is 10.1. The van der Waals surface area contributed by atoms with E-state index in [4.69, 9.17) is 10.8 Å². The van der Waals surface area contributed by atoms with Gasteiger partial charge in [0.25, 0.3) is 0 Å². The number of aliphatic hydroxyl groups excluding tert-OH is 1. The zero-order chi connectivity index (χ0) is 15.6. The van der Waals surface area contributed by atoms with E-state index in [0.29, 0.717) is 5.56 Å². The Hall–Kier alpha value is -1.48. The summed E-state index contributed by atoms with van der Waals surface area (Å²) in [4.78, 5) is 11.1. The van der Waals surface area contributed by atoms with Crippen LogP contribution in [0.2, 0.25) is 0 Å². The Kier molecular flexibility index (Phi) is 4.87. The number of primary amides is 1. The normalized spacial score (nSPS) is 14.8. The first-order valence-electron chi connectivity index (χ1n) is 5.82. The van der Waals surface area contributed by atoms with Gasteiger partial charge in [0.1, 0.15) is 0 Å². The number of amides is 1. The van der Waals surface area contributed by atoms with E-state index in [-0.39, 0.29) is 17.0 Å². The molecule has 0 fully saturated rings. The molecule has 1 unspecified atom stereocenters. The Morgan fingerprint density at radius 1 is 1.45 bits per heavy atom. The number of nitrogens with one attached hydrogen (secondary N) is 1. The van der Waals surface area contributed by atoms with Crippen LogP contribution in [0.15, 0.2) is 23.1 Å². The molecule has 1 atom stereocenters. The molecule has 1 aromatic carbocycles. The highest BCUT2D eigenvalue weighted by molar-refractivity contribution is 7.89. The lowest BCUT2D eigenvalue weighted by Gasteiger charge is -2.20. The van der Waals surface area contributed by atoms with Crippen LogP contribution in [-0.4, -0.2) is 43.3 Å². The summed E-state index contributed by atoms with van der Waals surface area (Å²) in [6, 6.07) is 3.98. The zero-order valence-electron chi connectivity index (χ0n) is 11.3. The average molecular weight is 302 g/mol. The maximum Gasteiger partial charge on any atom is 0.249 e. The number of rotatable bonds is 6. The highest BCUT2D eigenvalue weighted by atomic mass is 32.2. The van der Waals surface area contributed by atoms with Gasteiger partial charge in [-0.05, 0) is 31.5 Å². The minimum Gasteiger partial charge on any atom is -0.393 e. The Balaban J connectivity index is 3.05. The van der Waals surface area contributed by atoms with E-state index >= 15 is 0 Å². The summed E-state index contributed by atoms with van der Waals surface area (Å²) in [6.45, 7) is 1.99. The molecule has 0 aromatic heterocycles. The summed E-state index contributed by atoms with van der Waals surface area (Å²) in [5.41, 5.74) is 4.28. The third-order valence-corrected chi connectivity index (χ3v) is 4.17. The molecule has 8 heteroatoms. The van der Waals surface area contributed by atoms with Gasteiger partial charge >= 0.3 is 0 Å². The van der Waals surface area contributed by atoms with Gasteiger partial charge in [0.15, 0.2) is 0 Å². The molecule has 0 saturated heterocycles. The third kappa shape index (κ3) is 4.01. The standard InChI is InChI=1S/C12H18N2O5S/c1-8-3-4-9(5-10(8)11(13)16)20(18,19)14-6-12(2,17)7-15/h3-5,14-15,17H,6-7H2,1-2H3,(H2,13,16). The molecule has 0 spiro atoms. The molecule has 7 nitrogen and oxygen atoms in total. The van der Waals surface area contributed by atoms with Crippen molar-refractivity contribution in [1.82, 2.24) is 4.72 Å². The Morgan fingerprint density at radius 2 is 2.05 bits per heavy atom. The number of hydrogen-bond donors (Lipinski definition) is 4. The van der Waals surface area contributed by atoms with Crippen LogP contribution in [0.25, 0.3) is 0 Å². The van der Waals surface area contributed by atoms with Crippen molar-refractivity contribution in [2.24, 2.45) is 5.73 Å². The second-order valence-electron chi connectivity index (χ2n) is 4.82. The predicted octanol–water partition coefficient (Wildman–Crippen LogP) is -0.884. The molecule has 0 bridgehead atoms. The van der Waals surface area contributed by atoms with Crippen molar-refractivity contribution >= 4 is 15.9 Å². The minimum absolute atomic E-state index is 0.113. The van der Waals surface area contributed by atoms with E-state index in [1.54, 1.807) is 6.92 Å². The molecule has 1 aromatic rings. The molecule has 0 heterocycles. The van der Waals surface area contributed by atoms with Crippen LogP contribution in [0.1, 0.15) is 22.8 Å². The van der Waals surface area contributed by atoms with Crippen molar-refractivity contribution in [3.05, 3.63) is 29.3 Å². The van der Waals surface area contributed by atoms with Gasteiger partial charge < -0.3 is 15.9 Å². The van der Waals surface area contributed by atoms with E-state index in [1.807, 2.05) is 0 Å². The first-order chi connectivity index (χ1) is 9.09. The highest BCUT2D eigenvalue weighted by Crippen LogP contribution is 2.15. The molecule has 1 amide bonds. The first-order valence-corrected chi connectivity index (χ1v) is 7.31. The number of carbonyl (C=O) groups excluding carboxylic acids is 1. The number of hydrogen-bond acceptors (Lipinski definition) is 5. The van der Waals surface area contributed by atoms with Crippen LogP contribution >= 0.6 is 0 Å². The summed E-state index contributed by atoms with van der Waals surface area (Å²) in [6.07, 6.45) is 0. The van der Waals surface area contributed by atoms with Gasteiger partial charge in [-0.2, -0.15) is 0 Å².